The number of rotatable bonds is 5. The van der Waals surface area contributed by atoms with Gasteiger partial charge in [0, 0.05) is 11.8 Å². The molecule has 1 heterocycles. The lowest BCUT2D eigenvalue weighted by Crippen LogP contribution is -2.12. The second kappa shape index (κ2) is 6.43. The maximum absolute atomic E-state index is 9.11. The number of aromatic nitrogens is 1. The number of hydrogen-bond donors (Lipinski definition) is 3. The first kappa shape index (κ1) is 15.1. The van der Waals surface area contributed by atoms with Crippen molar-refractivity contribution < 1.29 is 14.6 Å². The molecule has 0 radical (unpaired) electrons. The van der Waals surface area contributed by atoms with Crippen LogP contribution in [0.4, 0.5) is 0 Å². The lowest BCUT2D eigenvalue weighted by Gasteiger charge is -2.12. The highest BCUT2D eigenvalue weighted by Crippen LogP contribution is 2.35. The molecule has 0 fully saturated rings. The third-order valence-corrected chi connectivity index (χ3v) is 3.13. The molecular weight excluding hydrogens is 294 g/mol. The van der Waals surface area contributed by atoms with E-state index in [0.717, 1.165) is 0 Å². The molecule has 0 aliphatic carbocycles. The molecule has 21 heavy (non-hydrogen) atoms. The second-order valence-electron chi connectivity index (χ2n) is 4.14. The van der Waals surface area contributed by atoms with Gasteiger partial charge in [-0.1, -0.05) is 17.7 Å². The van der Waals surface area contributed by atoms with Gasteiger partial charge >= 0.3 is 0 Å². The molecule has 0 bridgehead atoms. The van der Waals surface area contributed by atoms with Crippen LogP contribution in [0.3, 0.4) is 0 Å². The summed E-state index contributed by atoms with van der Waals surface area (Å²) in [5.41, 5.74) is 6.46. The van der Waals surface area contributed by atoms with Crippen molar-refractivity contribution in [2.24, 2.45) is 5.73 Å². The van der Waals surface area contributed by atoms with E-state index in [1.807, 2.05) is 0 Å². The third kappa shape index (κ3) is 3.24. The number of halogens is 1. The van der Waals surface area contributed by atoms with Crippen LogP contribution in [0, 0.1) is 5.41 Å². The number of aliphatic hydroxyl groups excluding tert-OH is 1. The van der Waals surface area contributed by atoms with Crippen molar-refractivity contribution in [3.05, 3.63) is 46.6 Å². The van der Waals surface area contributed by atoms with E-state index in [9.17, 15) is 0 Å². The first-order chi connectivity index (χ1) is 10.1. The molecule has 0 aliphatic rings. The highest BCUT2D eigenvalue weighted by atomic mass is 35.5. The number of pyridine rings is 1. The lowest BCUT2D eigenvalue weighted by molar-refractivity contribution is 0.280. The topological polar surface area (TPSA) is 101 Å². The molecule has 1 aromatic carbocycles. The summed E-state index contributed by atoms with van der Waals surface area (Å²) in [6, 6.07) is 6.52. The quantitative estimate of drug-likeness (QED) is 0.581. The van der Waals surface area contributed by atoms with Gasteiger partial charge in [0.15, 0.2) is 11.5 Å². The Labute approximate surface area is 126 Å². The molecule has 110 valence electrons. The van der Waals surface area contributed by atoms with Crippen LogP contribution < -0.4 is 15.2 Å². The minimum absolute atomic E-state index is 0.102. The van der Waals surface area contributed by atoms with Gasteiger partial charge in [-0.2, -0.15) is 0 Å². The molecule has 0 atom stereocenters. The number of hydrogen-bond acceptors (Lipinski definition) is 5. The van der Waals surface area contributed by atoms with E-state index >= 15 is 0 Å². The molecule has 0 amide bonds. The summed E-state index contributed by atoms with van der Waals surface area (Å²) < 4.78 is 10.8. The number of aliphatic hydroxyl groups is 1. The molecule has 6 nitrogen and oxygen atoms in total. The minimum Gasteiger partial charge on any atom is -0.493 e. The normalized spacial score (nSPS) is 10.2. The second-order valence-corrected chi connectivity index (χ2v) is 4.51. The number of nitrogens with one attached hydrogen (secondary N) is 1. The average Bonchev–Trinajstić information content (AvgIpc) is 2.49. The molecule has 4 N–H and O–H groups in total. The highest BCUT2D eigenvalue weighted by molar-refractivity contribution is 6.35. The zero-order valence-electron chi connectivity index (χ0n) is 11.3. The van der Waals surface area contributed by atoms with Gasteiger partial charge in [0.1, 0.15) is 10.9 Å². The zero-order valence-corrected chi connectivity index (χ0v) is 12.0. The Morgan fingerprint density at radius 2 is 2.14 bits per heavy atom. The maximum Gasteiger partial charge on any atom is 0.239 e. The summed E-state index contributed by atoms with van der Waals surface area (Å²) in [6.07, 6.45) is 1.45. The minimum atomic E-state index is -0.171. The molecule has 2 rings (SSSR count). The van der Waals surface area contributed by atoms with Gasteiger partial charge in [0.05, 0.1) is 13.7 Å². The Morgan fingerprint density at radius 3 is 2.76 bits per heavy atom. The SMILES string of the molecule is COc1cc(CO)ccc1Oc1nccc(C(=N)N)c1Cl. The van der Waals surface area contributed by atoms with Crippen LogP contribution in [0.25, 0.3) is 0 Å². The monoisotopic (exact) mass is 307 g/mol. The Bertz CT molecular complexity index is 677. The fourth-order valence-corrected chi connectivity index (χ4v) is 1.95. The van der Waals surface area contributed by atoms with Crippen molar-refractivity contribution in [1.29, 1.82) is 5.41 Å². The predicted molar refractivity (Wildman–Crippen MR) is 79.3 cm³/mol. The molecule has 0 spiro atoms. The number of nitrogens with two attached hydrogens (primary N) is 1. The molecule has 0 saturated heterocycles. The van der Waals surface area contributed by atoms with E-state index in [-0.39, 0.29) is 23.3 Å². The van der Waals surface area contributed by atoms with Crippen LogP contribution >= 0.6 is 11.6 Å². The van der Waals surface area contributed by atoms with Crippen molar-refractivity contribution >= 4 is 17.4 Å². The maximum atomic E-state index is 9.11. The van der Waals surface area contributed by atoms with Gasteiger partial charge in [0.25, 0.3) is 0 Å². The van der Waals surface area contributed by atoms with Crippen LogP contribution in [0.2, 0.25) is 5.02 Å². The van der Waals surface area contributed by atoms with Crippen LogP contribution in [0.15, 0.2) is 30.5 Å². The summed E-state index contributed by atoms with van der Waals surface area (Å²) in [4.78, 5) is 4.02. The Morgan fingerprint density at radius 1 is 1.38 bits per heavy atom. The van der Waals surface area contributed by atoms with Gasteiger partial charge in [-0.05, 0) is 23.8 Å². The summed E-state index contributed by atoms with van der Waals surface area (Å²) in [6.45, 7) is -0.102. The van der Waals surface area contributed by atoms with Crippen LogP contribution in [-0.4, -0.2) is 23.0 Å². The van der Waals surface area contributed by atoms with Gasteiger partial charge in [-0.15, -0.1) is 0 Å². The predicted octanol–water partition coefficient (Wildman–Crippen LogP) is 2.31. The Kier molecular flexibility index (Phi) is 4.62. The van der Waals surface area contributed by atoms with E-state index in [4.69, 9.17) is 37.3 Å². The molecule has 7 heteroatoms. The fourth-order valence-electron chi connectivity index (χ4n) is 1.70. The molecule has 2 aromatic rings. The van der Waals surface area contributed by atoms with Gasteiger partial charge in [0.2, 0.25) is 5.88 Å². The first-order valence-corrected chi connectivity index (χ1v) is 6.39. The van der Waals surface area contributed by atoms with Crippen molar-refractivity contribution in [2.45, 2.75) is 6.61 Å². The molecule has 0 saturated carbocycles. The van der Waals surface area contributed by atoms with E-state index in [1.54, 1.807) is 18.2 Å². The molecule has 0 unspecified atom stereocenters. The van der Waals surface area contributed by atoms with Crippen LogP contribution in [0.1, 0.15) is 11.1 Å². The zero-order chi connectivity index (χ0) is 15.4. The van der Waals surface area contributed by atoms with E-state index in [1.165, 1.54) is 19.4 Å². The summed E-state index contributed by atoms with van der Waals surface area (Å²) in [5, 5.41) is 16.7. The van der Waals surface area contributed by atoms with Crippen molar-refractivity contribution in [3.8, 4) is 17.4 Å². The standard InChI is InChI=1S/C14H14ClN3O3/c1-20-11-6-8(7-19)2-3-10(11)21-14-12(15)9(13(16)17)4-5-18-14/h2-6,19H,7H2,1H3,(H3,16,17). The van der Waals surface area contributed by atoms with Gasteiger partial charge < -0.3 is 20.3 Å². The van der Waals surface area contributed by atoms with Crippen LogP contribution in [-0.2, 0) is 6.61 Å². The average molecular weight is 308 g/mol. The van der Waals surface area contributed by atoms with Crippen LogP contribution in [0.5, 0.6) is 17.4 Å². The number of methoxy groups -OCH3 is 1. The third-order valence-electron chi connectivity index (χ3n) is 2.76. The number of nitrogen functional groups attached to an aromatic ring is 1. The van der Waals surface area contributed by atoms with Crippen molar-refractivity contribution in [1.82, 2.24) is 4.98 Å². The van der Waals surface area contributed by atoms with Gasteiger partial charge in [-0.3, -0.25) is 5.41 Å². The molecule has 0 aliphatic heterocycles. The Balaban J connectivity index is 2.38. The van der Waals surface area contributed by atoms with E-state index in [2.05, 4.69) is 4.98 Å². The lowest BCUT2D eigenvalue weighted by atomic mass is 10.2. The summed E-state index contributed by atoms with van der Waals surface area (Å²) in [5.74, 6) is 0.784. The Hall–Kier alpha value is -2.31. The smallest absolute Gasteiger partial charge is 0.239 e. The van der Waals surface area contributed by atoms with Crippen molar-refractivity contribution in [3.63, 3.8) is 0 Å². The number of amidine groups is 1. The molecule has 1 aromatic heterocycles. The first-order valence-electron chi connectivity index (χ1n) is 6.01. The molecular formula is C14H14ClN3O3. The number of nitrogens with zero attached hydrogens (tertiary/aromatic N) is 1. The fraction of sp³-hybridized carbons (Fsp3) is 0.143. The largest absolute Gasteiger partial charge is 0.493 e. The van der Waals surface area contributed by atoms with Gasteiger partial charge in [-0.25, -0.2) is 4.98 Å². The highest BCUT2D eigenvalue weighted by Gasteiger charge is 2.14. The summed E-state index contributed by atoms with van der Waals surface area (Å²) >= 11 is 6.12. The van der Waals surface area contributed by atoms with Crippen molar-refractivity contribution in [2.75, 3.05) is 7.11 Å². The summed E-state index contributed by atoms with van der Waals surface area (Å²) in [7, 11) is 1.49. The van der Waals surface area contributed by atoms with E-state index < -0.39 is 0 Å². The number of ether oxygens (including phenoxy) is 2. The number of benzene rings is 1. The van der Waals surface area contributed by atoms with E-state index in [0.29, 0.717) is 22.6 Å².